The Hall–Kier alpha value is -1.32. The summed E-state index contributed by atoms with van der Waals surface area (Å²) in [5.41, 5.74) is 0.779. The van der Waals surface area contributed by atoms with Crippen LogP contribution in [-0.2, 0) is 0 Å². The van der Waals surface area contributed by atoms with Gasteiger partial charge in [-0.05, 0) is 32.3 Å². The molecule has 1 heterocycles. The Balaban J connectivity index is 2.01. The first-order valence-corrected chi connectivity index (χ1v) is 5.17. The lowest BCUT2D eigenvalue weighted by Crippen LogP contribution is -2.38. The fourth-order valence-electron chi connectivity index (χ4n) is 1.92. The highest BCUT2D eigenvalue weighted by atomic mass is 19.1. The summed E-state index contributed by atoms with van der Waals surface area (Å²) in [7, 11) is 0. The number of alkyl halides is 1. The summed E-state index contributed by atoms with van der Waals surface area (Å²) in [6.45, 7) is 1.79. The second kappa shape index (κ2) is 4.04. The Bertz CT molecular complexity index is 361. The van der Waals surface area contributed by atoms with E-state index in [-0.39, 0.29) is 17.7 Å². The number of nitrogens with one attached hydrogen (secondary N) is 1. The van der Waals surface area contributed by atoms with Crippen LogP contribution >= 0.6 is 0 Å². The number of rotatable bonds is 2. The maximum atomic E-state index is 13.2. The average Bonchev–Trinajstić information content (AvgIpc) is 2.76. The summed E-state index contributed by atoms with van der Waals surface area (Å²) < 4.78 is 18.3. The molecule has 0 saturated heterocycles. The van der Waals surface area contributed by atoms with E-state index < -0.39 is 6.17 Å². The molecule has 4 heteroatoms. The molecular formula is C11H14FNO2. The Labute approximate surface area is 87.7 Å². The third-order valence-electron chi connectivity index (χ3n) is 2.82. The first-order valence-electron chi connectivity index (χ1n) is 5.17. The van der Waals surface area contributed by atoms with Crippen LogP contribution in [0.5, 0.6) is 0 Å². The van der Waals surface area contributed by atoms with Gasteiger partial charge in [0.05, 0.1) is 12.3 Å². The fraction of sp³-hybridized carbons (Fsp3) is 0.545. The van der Waals surface area contributed by atoms with Crippen molar-refractivity contribution in [2.45, 2.75) is 38.4 Å². The normalized spacial score (nSPS) is 25.5. The van der Waals surface area contributed by atoms with Crippen LogP contribution in [0, 0.1) is 6.92 Å². The van der Waals surface area contributed by atoms with Crippen LogP contribution in [0.1, 0.15) is 35.4 Å². The van der Waals surface area contributed by atoms with Crippen LogP contribution in [-0.4, -0.2) is 18.1 Å². The molecule has 0 spiro atoms. The molecule has 1 aromatic heterocycles. The molecule has 3 nitrogen and oxygen atoms in total. The van der Waals surface area contributed by atoms with Crippen LogP contribution in [0.2, 0.25) is 0 Å². The summed E-state index contributed by atoms with van der Waals surface area (Å²) in [6, 6.07) is 1.37. The lowest BCUT2D eigenvalue weighted by molar-refractivity contribution is 0.0890. The SMILES string of the molecule is Cc1ccoc1C(=O)N[C@@H]1CCC[C@@H]1F. The smallest absolute Gasteiger partial charge is 0.287 e. The zero-order valence-electron chi connectivity index (χ0n) is 8.63. The molecule has 2 atom stereocenters. The van der Waals surface area contributed by atoms with Crippen molar-refractivity contribution < 1.29 is 13.6 Å². The number of amides is 1. The minimum atomic E-state index is -0.913. The van der Waals surface area contributed by atoms with E-state index in [4.69, 9.17) is 4.42 Å². The minimum absolute atomic E-state index is 0.286. The molecule has 1 fully saturated rings. The van der Waals surface area contributed by atoms with Gasteiger partial charge in [-0.2, -0.15) is 0 Å². The van der Waals surface area contributed by atoms with Crippen molar-refractivity contribution in [2.24, 2.45) is 0 Å². The van der Waals surface area contributed by atoms with Gasteiger partial charge in [0.25, 0.3) is 5.91 Å². The van der Waals surface area contributed by atoms with Crippen LogP contribution < -0.4 is 5.32 Å². The van der Waals surface area contributed by atoms with Gasteiger partial charge in [-0.15, -0.1) is 0 Å². The van der Waals surface area contributed by atoms with Crippen molar-refractivity contribution in [1.82, 2.24) is 5.32 Å². The van der Waals surface area contributed by atoms with Crippen molar-refractivity contribution in [3.63, 3.8) is 0 Å². The van der Waals surface area contributed by atoms with Crippen molar-refractivity contribution in [2.75, 3.05) is 0 Å². The van der Waals surface area contributed by atoms with Gasteiger partial charge in [-0.25, -0.2) is 4.39 Å². The Kier molecular flexibility index (Phi) is 2.75. The second-order valence-electron chi connectivity index (χ2n) is 3.96. The quantitative estimate of drug-likeness (QED) is 0.814. The molecule has 0 aliphatic heterocycles. The third kappa shape index (κ3) is 2.03. The van der Waals surface area contributed by atoms with E-state index >= 15 is 0 Å². The molecule has 1 aliphatic rings. The van der Waals surface area contributed by atoms with E-state index in [1.165, 1.54) is 6.26 Å². The average molecular weight is 211 g/mol. The van der Waals surface area contributed by atoms with Crippen molar-refractivity contribution in [1.29, 1.82) is 0 Å². The van der Waals surface area contributed by atoms with E-state index in [0.717, 1.165) is 12.0 Å². The van der Waals surface area contributed by atoms with Gasteiger partial charge >= 0.3 is 0 Å². The predicted molar refractivity (Wildman–Crippen MR) is 53.4 cm³/mol. The molecule has 82 valence electrons. The number of furan rings is 1. The molecule has 1 saturated carbocycles. The fourth-order valence-corrected chi connectivity index (χ4v) is 1.92. The largest absolute Gasteiger partial charge is 0.459 e. The van der Waals surface area contributed by atoms with E-state index in [0.29, 0.717) is 12.8 Å². The molecule has 0 bridgehead atoms. The Morgan fingerprint density at radius 1 is 1.60 bits per heavy atom. The number of aryl methyl sites for hydroxylation is 1. The number of carbonyl (C=O) groups excluding carboxylic acids is 1. The highest BCUT2D eigenvalue weighted by molar-refractivity contribution is 5.93. The van der Waals surface area contributed by atoms with Gasteiger partial charge in [-0.3, -0.25) is 4.79 Å². The minimum Gasteiger partial charge on any atom is -0.459 e. The van der Waals surface area contributed by atoms with Gasteiger partial charge in [0.2, 0.25) is 0 Å². The van der Waals surface area contributed by atoms with Gasteiger partial charge in [0, 0.05) is 5.56 Å². The summed E-state index contributed by atoms with van der Waals surface area (Å²) in [4.78, 5) is 11.7. The van der Waals surface area contributed by atoms with Gasteiger partial charge in [0.1, 0.15) is 6.17 Å². The van der Waals surface area contributed by atoms with Crippen LogP contribution in [0.3, 0.4) is 0 Å². The number of hydrogen-bond donors (Lipinski definition) is 1. The second-order valence-corrected chi connectivity index (χ2v) is 3.96. The molecule has 1 N–H and O–H groups in total. The molecule has 1 aliphatic carbocycles. The number of carbonyl (C=O) groups is 1. The Morgan fingerprint density at radius 3 is 2.93 bits per heavy atom. The monoisotopic (exact) mass is 211 g/mol. The molecule has 2 rings (SSSR count). The maximum absolute atomic E-state index is 13.2. The molecule has 15 heavy (non-hydrogen) atoms. The summed E-state index contributed by atoms with van der Waals surface area (Å²) in [6.07, 6.45) is 2.65. The van der Waals surface area contributed by atoms with Crippen LogP contribution in [0.25, 0.3) is 0 Å². The lowest BCUT2D eigenvalue weighted by Gasteiger charge is -2.13. The maximum Gasteiger partial charge on any atom is 0.287 e. The molecule has 1 aromatic rings. The molecular weight excluding hydrogens is 197 g/mol. The molecule has 0 radical (unpaired) electrons. The molecule has 0 aromatic carbocycles. The zero-order valence-corrected chi connectivity index (χ0v) is 8.63. The van der Waals surface area contributed by atoms with Gasteiger partial charge < -0.3 is 9.73 Å². The van der Waals surface area contributed by atoms with E-state index in [1.54, 1.807) is 13.0 Å². The first kappa shape index (κ1) is 10.2. The van der Waals surface area contributed by atoms with E-state index in [2.05, 4.69) is 5.32 Å². The molecule has 0 unspecified atom stereocenters. The third-order valence-corrected chi connectivity index (χ3v) is 2.82. The van der Waals surface area contributed by atoms with Crippen LogP contribution in [0.4, 0.5) is 4.39 Å². The lowest BCUT2D eigenvalue weighted by atomic mass is 10.2. The van der Waals surface area contributed by atoms with E-state index in [9.17, 15) is 9.18 Å². The zero-order chi connectivity index (χ0) is 10.8. The van der Waals surface area contributed by atoms with Gasteiger partial charge in [0.15, 0.2) is 5.76 Å². The first-order chi connectivity index (χ1) is 7.18. The van der Waals surface area contributed by atoms with Crippen molar-refractivity contribution in [3.05, 3.63) is 23.7 Å². The van der Waals surface area contributed by atoms with Gasteiger partial charge in [-0.1, -0.05) is 0 Å². The number of hydrogen-bond acceptors (Lipinski definition) is 2. The Morgan fingerprint density at radius 2 is 2.40 bits per heavy atom. The topological polar surface area (TPSA) is 42.2 Å². The van der Waals surface area contributed by atoms with Crippen molar-refractivity contribution in [3.8, 4) is 0 Å². The van der Waals surface area contributed by atoms with Crippen LogP contribution in [0.15, 0.2) is 16.7 Å². The molecule has 1 amide bonds. The summed E-state index contributed by atoms with van der Waals surface area (Å²) in [5.74, 6) is -0.0267. The van der Waals surface area contributed by atoms with E-state index in [1.807, 2.05) is 0 Å². The highest BCUT2D eigenvalue weighted by Gasteiger charge is 2.29. The summed E-state index contributed by atoms with van der Waals surface area (Å²) >= 11 is 0. The highest BCUT2D eigenvalue weighted by Crippen LogP contribution is 2.22. The number of halogens is 1. The predicted octanol–water partition coefficient (Wildman–Crippen LogP) is 2.21. The standard InChI is InChI=1S/C11H14FNO2/c1-7-5-6-15-10(7)11(14)13-9-4-2-3-8(9)12/h5-6,8-9H,2-4H2,1H3,(H,13,14)/t8-,9+/m0/s1. The summed E-state index contributed by atoms with van der Waals surface area (Å²) in [5, 5.41) is 2.66. The van der Waals surface area contributed by atoms with Crippen molar-refractivity contribution >= 4 is 5.91 Å².